The quantitative estimate of drug-likeness (QED) is 0.256. The van der Waals surface area contributed by atoms with Crippen LogP contribution in [-0.2, 0) is 0 Å². The molecular formula is C30H24N8. The van der Waals surface area contributed by atoms with Crippen molar-refractivity contribution in [1.82, 2.24) is 0 Å². The molecule has 4 aromatic carbocycles. The Morgan fingerprint density at radius 1 is 0.421 bits per heavy atom. The van der Waals surface area contributed by atoms with Gasteiger partial charge in [0.25, 0.3) is 0 Å². The first-order valence-corrected chi connectivity index (χ1v) is 12.2. The van der Waals surface area contributed by atoms with Crippen LogP contribution in [0.3, 0.4) is 0 Å². The summed E-state index contributed by atoms with van der Waals surface area (Å²) in [5.74, 6) is 0. The van der Waals surface area contributed by atoms with E-state index in [1.165, 1.54) is 11.4 Å². The zero-order valence-corrected chi connectivity index (χ0v) is 20.6. The van der Waals surface area contributed by atoms with Gasteiger partial charge in [0.05, 0.1) is 46.0 Å². The molecule has 1 heterocycles. The molecule has 8 nitrogen and oxygen atoms in total. The Balaban J connectivity index is 1.13. The second kappa shape index (κ2) is 11.6. The molecule has 0 amide bonds. The van der Waals surface area contributed by atoms with E-state index in [1.807, 2.05) is 24.3 Å². The normalized spacial score (nSPS) is 13.5. The molecule has 184 valence electrons. The standard InChI is InChI=1S/C30H24N8/c31-21-23-1-5-25(6-2-23)33-35-27-9-13-29(14-10-27)37-17-19-38(20-18-37)30-15-11-28(12-16-30)36-34-26-7-3-24(22-32)4-8-26/h1-16H,17-20H2/b35-33+,36-34+. The van der Waals surface area contributed by atoms with Crippen LogP contribution in [0.1, 0.15) is 11.1 Å². The SMILES string of the molecule is N#Cc1ccc(/N=N/c2ccc(N3CCN(c4ccc(/N=N/c5ccc(C#N)cc5)cc4)CC3)cc2)cc1. The van der Waals surface area contributed by atoms with Gasteiger partial charge in [-0.15, -0.1) is 0 Å². The number of hydrogen-bond donors (Lipinski definition) is 0. The zero-order chi connectivity index (χ0) is 26.2. The lowest BCUT2D eigenvalue weighted by molar-refractivity contribution is 0.653. The predicted molar refractivity (Wildman–Crippen MR) is 148 cm³/mol. The number of rotatable bonds is 6. The lowest BCUT2D eigenvalue weighted by atomic mass is 10.2. The first-order valence-electron chi connectivity index (χ1n) is 12.2. The molecule has 8 heteroatoms. The summed E-state index contributed by atoms with van der Waals surface area (Å²) in [6.07, 6.45) is 0. The molecule has 5 rings (SSSR count). The van der Waals surface area contributed by atoms with Crippen LogP contribution in [0.5, 0.6) is 0 Å². The number of azo groups is 2. The molecule has 1 fully saturated rings. The van der Waals surface area contributed by atoms with E-state index >= 15 is 0 Å². The Hall–Kier alpha value is -5.34. The minimum absolute atomic E-state index is 0.605. The summed E-state index contributed by atoms with van der Waals surface area (Å²) in [5.41, 5.74) is 6.54. The lowest BCUT2D eigenvalue weighted by Crippen LogP contribution is -2.46. The Morgan fingerprint density at radius 2 is 0.684 bits per heavy atom. The van der Waals surface area contributed by atoms with Crippen molar-refractivity contribution in [3.8, 4) is 12.1 Å². The Morgan fingerprint density at radius 3 is 0.947 bits per heavy atom. The summed E-state index contributed by atoms with van der Waals surface area (Å²) in [4.78, 5) is 4.75. The van der Waals surface area contributed by atoms with Crippen molar-refractivity contribution in [2.45, 2.75) is 0 Å². The third kappa shape index (κ3) is 6.07. The maximum Gasteiger partial charge on any atom is 0.0991 e. The van der Waals surface area contributed by atoms with Crippen molar-refractivity contribution in [2.24, 2.45) is 20.5 Å². The van der Waals surface area contributed by atoms with Gasteiger partial charge in [0, 0.05) is 37.6 Å². The van der Waals surface area contributed by atoms with Crippen LogP contribution in [0.4, 0.5) is 34.1 Å². The molecular weight excluding hydrogens is 472 g/mol. The van der Waals surface area contributed by atoms with Gasteiger partial charge in [0.1, 0.15) is 0 Å². The van der Waals surface area contributed by atoms with Gasteiger partial charge < -0.3 is 9.80 Å². The van der Waals surface area contributed by atoms with E-state index < -0.39 is 0 Å². The Bertz CT molecular complexity index is 1380. The summed E-state index contributed by atoms with van der Waals surface area (Å²) >= 11 is 0. The molecule has 0 spiro atoms. The molecule has 0 aromatic heterocycles. The largest absolute Gasteiger partial charge is 0.368 e. The van der Waals surface area contributed by atoms with Crippen molar-refractivity contribution in [2.75, 3.05) is 36.0 Å². The van der Waals surface area contributed by atoms with Gasteiger partial charge in [0.2, 0.25) is 0 Å². The molecule has 0 N–H and O–H groups in total. The van der Waals surface area contributed by atoms with Crippen LogP contribution < -0.4 is 9.80 Å². The number of benzene rings is 4. The van der Waals surface area contributed by atoms with E-state index in [0.717, 1.165) is 37.6 Å². The van der Waals surface area contributed by atoms with Crippen molar-refractivity contribution < 1.29 is 0 Å². The second-order valence-electron chi connectivity index (χ2n) is 8.72. The molecule has 38 heavy (non-hydrogen) atoms. The van der Waals surface area contributed by atoms with E-state index in [1.54, 1.807) is 48.5 Å². The summed E-state index contributed by atoms with van der Waals surface area (Å²) in [6, 6.07) is 34.5. The highest BCUT2D eigenvalue weighted by Crippen LogP contribution is 2.26. The van der Waals surface area contributed by atoms with Gasteiger partial charge in [-0.2, -0.15) is 31.0 Å². The smallest absolute Gasteiger partial charge is 0.0991 e. The van der Waals surface area contributed by atoms with Crippen molar-refractivity contribution in [1.29, 1.82) is 10.5 Å². The number of nitriles is 2. The van der Waals surface area contributed by atoms with E-state index in [-0.39, 0.29) is 0 Å². The first-order chi connectivity index (χ1) is 18.7. The van der Waals surface area contributed by atoms with Crippen LogP contribution in [0.25, 0.3) is 0 Å². The molecule has 0 unspecified atom stereocenters. The van der Waals surface area contributed by atoms with Gasteiger partial charge >= 0.3 is 0 Å². The second-order valence-corrected chi connectivity index (χ2v) is 8.72. The third-order valence-corrected chi connectivity index (χ3v) is 6.26. The average molecular weight is 497 g/mol. The van der Waals surface area contributed by atoms with E-state index in [4.69, 9.17) is 10.5 Å². The fraction of sp³-hybridized carbons (Fsp3) is 0.133. The summed E-state index contributed by atoms with van der Waals surface area (Å²) < 4.78 is 0. The van der Waals surface area contributed by atoms with Crippen LogP contribution in [0.15, 0.2) is 118 Å². The first kappa shape index (κ1) is 24.4. The predicted octanol–water partition coefficient (Wildman–Crippen LogP) is 7.59. The van der Waals surface area contributed by atoms with Gasteiger partial charge in [0.15, 0.2) is 0 Å². The number of hydrogen-bond acceptors (Lipinski definition) is 8. The highest BCUT2D eigenvalue weighted by molar-refractivity contribution is 5.57. The maximum absolute atomic E-state index is 8.89. The van der Waals surface area contributed by atoms with E-state index in [2.05, 4.69) is 66.7 Å². The molecule has 1 saturated heterocycles. The van der Waals surface area contributed by atoms with Gasteiger partial charge in [-0.1, -0.05) is 0 Å². The minimum atomic E-state index is 0.605. The summed E-state index contributed by atoms with van der Waals surface area (Å²) in [5, 5.41) is 34.9. The highest BCUT2D eigenvalue weighted by Gasteiger charge is 2.17. The molecule has 0 bridgehead atoms. The van der Waals surface area contributed by atoms with Crippen molar-refractivity contribution >= 4 is 34.1 Å². The van der Waals surface area contributed by atoms with Crippen molar-refractivity contribution in [3.05, 3.63) is 108 Å². The lowest BCUT2D eigenvalue weighted by Gasteiger charge is -2.37. The molecule has 0 radical (unpaired) electrons. The molecule has 0 atom stereocenters. The van der Waals surface area contributed by atoms with Gasteiger partial charge in [-0.3, -0.25) is 0 Å². The Kier molecular flexibility index (Phi) is 7.43. The van der Waals surface area contributed by atoms with Gasteiger partial charge in [-0.05, 0) is 97.1 Å². The molecule has 1 aliphatic rings. The molecule has 4 aromatic rings. The minimum Gasteiger partial charge on any atom is -0.368 e. The highest BCUT2D eigenvalue weighted by atomic mass is 15.3. The monoisotopic (exact) mass is 496 g/mol. The maximum atomic E-state index is 8.89. The number of anilines is 2. The number of piperazine rings is 1. The number of nitrogens with zero attached hydrogens (tertiary/aromatic N) is 8. The average Bonchev–Trinajstić information content (AvgIpc) is 3.00. The summed E-state index contributed by atoms with van der Waals surface area (Å²) in [6.45, 7) is 3.69. The molecule has 1 aliphatic heterocycles. The fourth-order valence-corrected chi connectivity index (χ4v) is 4.12. The van der Waals surface area contributed by atoms with Crippen LogP contribution in [-0.4, -0.2) is 26.2 Å². The fourth-order valence-electron chi connectivity index (χ4n) is 4.12. The van der Waals surface area contributed by atoms with Crippen LogP contribution in [0.2, 0.25) is 0 Å². The zero-order valence-electron chi connectivity index (χ0n) is 20.6. The topological polar surface area (TPSA) is 104 Å². The summed E-state index contributed by atoms with van der Waals surface area (Å²) in [7, 11) is 0. The van der Waals surface area contributed by atoms with E-state index in [0.29, 0.717) is 22.5 Å². The molecule has 0 aliphatic carbocycles. The van der Waals surface area contributed by atoms with Crippen LogP contribution in [0, 0.1) is 22.7 Å². The van der Waals surface area contributed by atoms with E-state index in [9.17, 15) is 0 Å². The third-order valence-electron chi connectivity index (χ3n) is 6.26. The Labute approximate surface area is 221 Å². The molecule has 0 saturated carbocycles. The van der Waals surface area contributed by atoms with Crippen LogP contribution >= 0.6 is 0 Å². The van der Waals surface area contributed by atoms with Gasteiger partial charge in [-0.25, -0.2) is 0 Å². The van der Waals surface area contributed by atoms with Crippen molar-refractivity contribution in [3.63, 3.8) is 0 Å².